The molecule has 0 aliphatic heterocycles. The number of carbonyl (C=O) groups excluding carboxylic acids is 3. The van der Waals surface area contributed by atoms with Crippen LogP contribution in [0.3, 0.4) is 0 Å². The van der Waals surface area contributed by atoms with E-state index in [1.165, 1.54) is 199 Å². The first-order chi connectivity index (χ1) is 40.5. The standard InChI is InChI=1S/C76H132O6/c1-4-7-10-13-16-19-22-24-26-28-30-32-33-34-35-36-37-38-39-40-41-42-43-45-46-48-50-52-54-57-60-63-66-69-75(78)81-72-73(71-80-74(77)68-65-62-59-56-21-18-15-12-9-6-3)82-76(79)70-67-64-61-58-55-53-51-49-47-44-31-29-27-25-23-20-17-14-11-8-5-2/h7,10,12,15-16,19,24,26,29-32,34-35,37-38,73H,4-6,8-9,11,13-14,17-18,20-23,25,27-28,33,36,39-72H2,1-3H3/b10-7-,15-12-,19-16-,26-24-,31-29-,32-30-,35-34-,38-37-. The number of rotatable bonds is 64. The monoisotopic (exact) mass is 1140 g/mol. The highest BCUT2D eigenvalue weighted by molar-refractivity contribution is 5.71. The molecule has 6 nitrogen and oxygen atoms in total. The van der Waals surface area contributed by atoms with Crippen molar-refractivity contribution in [3.05, 3.63) is 97.2 Å². The molecule has 0 rings (SSSR count). The minimum Gasteiger partial charge on any atom is -0.462 e. The average molecular weight is 1140 g/mol. The van der Waals surface area contributed by atoms with Crippen molar-refractivity contribution >= 4 is 17.9 Å². The van der Waals surface area contributed by atoms with E-state index < -0.39 is 6.10 Å². The summed E-state index contributed by atoms with van der Waals surface area (Å²) in [7, 11) is 0. The van der Waals surface area contributed by atoms with Crippen LogP contribution in [0.25, 0.3) is 0 Å². The van der Waals surface area contributed by atoms with Crippen LogP contribution in [-0.2, 0) is 28.6 Å². The van der Waals surface area contributed by atoms with Gasteiger partial charge in [-0.2, -0.15) is 0 Å². The minimum absolute atomic E-state index is 0.0782. The van der Waals surface area contributed by atoms with Gasteiger partial charge in [-0.1, -0.05) is 311 Å². The van der Waals surface area contributed by atoms with Gasteiger partial charge in [-0.15, -0.1) is 0 Å². The van der Waals surface area contributed by atoms with Gasteiger partial charge < -0.3 is 14.2 Å². The fraction of sp³-hybridized carbons (Fsp3) is 0.750. The van der Waals surface area contributed by atoms with Gasteiger partial charge in [0.1, 0.15) is 13.2 Å². The Hall–Kier alpha value is -3.67. The van der Waals surface area contributed by atoms with Gasteiger partial charge in [0.25, 0.3) is 0 Å². The van der Waals surface area contributed by atoms with Gasteiger partial charge >= 0.3 is 17.9 Å². The lowest BCUT2D eigenvalue weighted by Gasteiger charge is -2.18. The Balaban J connectivity index is 4.15. The largest absolute Gasteiger partial charge is 0.462 e. The maximum Gasteiger partial charge on any atom is 0.306 e. The molecule has 0 aliphatic rings. The highest BCUT2D eigenvalue weighted by Gasteiger charge is 2.19. The normalized spacial score (nSPS) is 12.7. The van der Waals surface area contributed by atoms with E-state index in [4.69, 9.17) is 14.2 Å². The predicted octanol–water partition coefficient (Wildman–Crippen LogP) is 24.4. The summed E-state index contributed by atoms with van der Waals surface area (Å²) in [6, 6.07) is 0. The number of hydrogen-bond donors (Lipinski definition) is 0. The Morgan fingerprint density at radius 3 is 0.805 bits per heavy atom. The van der Waals surface area contributed by atoms with E-state index in [-0.39, 0.29) is 31.1 Å². The second-order valence-electron chi connectivity index (χ2n) is 23.4. The first-order valence-corrected chi connectivity index (χ1v) is 35.2. The molecule has 0 aromatic carbocycles. The van der Waals surface area contributed by atoms with Crippen LogP contribution in [0.5, 0.6) is 0 Å². The zero-order valence-electron chi connectivity index (χ0n) is 54.2. The van der Waals surface area contributed by atoms with Crippen molar-refractivity contribution in [2.75, 3.05) is 13.2 Å². The molecule has 0 aliphatic carbocycles. The van der Waals surface area contributed by atoms with Crippen LogP contribution in [-0.4, -0.2) is 37.2 Å². The van der Waals surface area contributed by atoms with Crippen molar-refractivity contribution in [3.63, 3.8) is 0 Å². The molecule has 0 aromatic heterocycles. The molecule has 1 atom stereocenters. The summed E-state index contributed by atoms with van der Waals surface area (Å²) in [5, 5.41) is 0. The van der Waals surface area contributed by atoms with Crippen molar-refractivity contribution in [1.29, 1.82) is 0 Å². The number of hydrogen-bond acceptors (Lipinski definition) is 6. The second kappa shape index (κ2) is 69.8. The Labute approximate surface area is 508 Å². The van der Waals surface area contributed by atoms with E-state index in [2.05, 4.69) is 118 Å². The summed E-state index contributed by atoms with van der Waals surface area (Å²) in [5.41, 5.74) is 0. The molecule has 0 fully saturated rings. The van der Waals surface area contributed by atoms with E-state index >= 15 is 0 Å². The van der Waals surface area contributed by atoms with E-state index in [0.717, 1.165) is 109 Å². The van der Waals surface area contributed by atoms with E-state index in [1.807, 2.05) is 0 Å². The molecule has 472 valence electrons. The smallest absolute Gasteiger partial charge is 0.306 e. The molecule has 1 unspecified atom stereocenters. The molecule has 0 saturated heterocycles. The van der Waals surface area contributed by atoms with Crippen LogP contribution >= 0.6 is 0 Å². The minimum atomic E-state index is -0.781. The molecule has 0 spiro atoms. The molecule has 0 radical (unpaired) electrons. The molecular formula is C76H132O6. The first-order valence-electron chi connectivity index (χ1n) is 35.2. The second-order valence-corrected chi connectivity index (χ2v) is 23.4. The Morgan fingerprint density at radius 2 is 0.500 bits per heavy atom. The van der Waals surface area contributed by atoms with Crippen LogP contribution in [0.15, 0.2) is 97.2 Å². The van der Waals surface area contributed by atoms with Crippen molar-refractivity contribution in [1.82, 2.24) is 0 Å². The maximum absolute atomic E-state index is 12.9. The lowest BCUT2D eigenvalue weighted by atomic mass is 10.0. The Bertz CT molecular complexity index is 1590. The van der Waals surface area contributed by atoms with Gasteiger partial charge in [0.15, 0.2) is 6.10 Å². The fourth-order valence-electron chi connectivity index (χ4n) is 10.0. The number of unbranched alkanes of at least 4 members (excludes halogenated alkanes) is 37. The zero-order valence-corrected chi connectivity index (χ0v) is 54.2. The van der Waals surface area contributed by atoms with Gasteiger partial charge in [-0.25, -0.2) is 0 Å². The van der Waals surface area contributed by atoms with E-state index in [1.54, 1.807) is 0 Å². The summed E-state index contributed by atoms with van der Waals surface area (Å²) in [5.74, 6) is -0.877. The molecule has 82 heavy (non-hydrogen) atoms. The lowest BCUT2D eigenvalue weighted by molar-refractivity contribution is -0.167. The third-order valence-electron chi connectivity index (χ3n) is 15.3. The topological polar surface area (TPSA) is 78.9 Å². The summed E-state index contributed by atoms with van der Waals surface area (Å²) >= 11 is 0. The quantitative estimate of drug-likeness (QED) is 0.0261. The lowest BCUT2D eigenvalue weighted by Crippen LogP contribution is -2.30. The van der Waals surface area contributed by atoms with Gasteiger partial charge in [-0.3, -0.25) is 14.4 Å². The Kier molecular flexibility index (Phi) is 66.7. The van der Waals surface area contributed by atoms with Crippen molar-refractivity contribution in [2.45, 2.75) is 354 Å². The third-order valence-corrected chi connectivity index (χ3v) is 15.3. The predicted molar refractivity (Wildman–Crippen MR) is 357 cm³/mol. The van der Waals surface area contributed by atoms with E-state index in [0.29, 0.717) is 19.3 Å². The molecular weight excluding hydrogens is 1010 g/mol. The highest BCUT2D eigenvalue weighted by atomic mass is 16.6. The summed E-state index contributed by atoms with van der Waals surface area (Å²) < 4.78 is 16.9. The number of ether oxygens (including phenoxy) is 3. The van der Waals surface area contributed by atoms with Crippen molar-refractivity contribution in [2.24, 2.45) is 0 Å². The van der Waals surface area contributed by atoms with Crippen LogP contribution in [0.1, 0.15) is 348 Å². The first kappa shape index (κ1) is 78.3. The molecule has 0 aromatic rings. The molecule has 0 bridgehead atoms. The summed E-state index contributed by atoms with van der Waals surface area (Å²) in [6.45, 7) is 6.49. The van der Waals surface area contributed by atoms with Gasteiger partial charge in [0.2, 0.25) is 0 Å². The molecule has 0 N–H and O–H groups in total. The average Bonchev–Trinajstić information content (AvgIpc) is 3.48. The van der Waals surface area contributed by atoms with Crippen molar-refractivity contribution in [3.8, 4) is 0 Å². The van der Waals surface area contributed by atoms with Gasteiger partial charge in [-0.05, 0) is 116 Å². The van der Waals surface area contributed by atoms with Gasteiger partial charge in [0.05, 0.1) is 0 Å². The number of allylic oxidation sites excluding steroid dienone is 16. The summed E-state index contributed by atoms with van der Waals surface area (Å²) in [6.07, 6.45) is 94.5. The van der Waals surface area contributed by atoms with Crippen LogP contribution in [0.2, 0.25) is 0 Å². The molecule has 0 amide bonds. The number of esters is 3. The maximum atomic E-state index is 12.9. The molecule has 0 saturated carbocycles. The molecule has 0 heterocycles. The van der Waals surface area contributed by atoms with E-state index in [9.17, 15) is 14.4 Å². The van der Waals surface area contributed by atoms with Crippen molar-refractivity contribution < 1.29 is 28.6 Å². The van der Waals surface area contributed by atoms with Crippen LogP contribution in [0, 0.1) is 0 Å². The Morgan fingerprint density at radius 1 is 0.256 bits per heavy atom. The highest BCUT2D eigenvalue weighted by Crippen LogP contribution is 2.17. The van der Waals surface area contributed by atoms with Gasteiger partial charge in [0, 0.05) is 19.3 Å². The van der Waals surface area contributed by atoms with Crippen LogP contribution in [0.4, 0.5) is 0 Å². The number of carbonyl (C=O) groups is 3. The zero-order chi connectivity index (χ0) is 59.2. The summed E-state index contributed by atoms with van der Waals surface area (Å²) in [4.78, 5) is 38.3. The fourth-order valence-corrected chi connectivity index (χ4v) is 10.0. The molecule has 6 heteroatoms. The van der Waals surface area contributed by atoms with Crippen LogP contribution < -0.4 is 0 Å². The third kappa shape index (κ3) is 67.1. The SMILES string of the molecule is CC/C=C\C/C=C\C/C=C\C/C=C\C/C=C\C/C=C\CCCCCCCCCCCCCCCCC(=O)OCC(COC(=O)CCCCCCC/C=C\CCC)OC(=O)CCCCCCCCCCC/C=C\CCCCCCCCCC.